The van der Waals surface area contributed by atoms with Crippen LogP contribution in [0.4, 0.5) is 14.5 Å². The molecule has 2 bridgehead atoms. The fourth-order valence-corrected chi connectivity index (χ4v) is 8.66. The van der Waals surface area contributed by atoms with Crippen LogP contribution in [0.15, 0.2) is 41.3 Å². The summed E-state index contributed by atoms with van der Waals surface area (Å²) in [4.78, 5) is 12.6. The molecule has 3 N–H and O–H groups in total. The van der Waals surface area contributed by atoms with Crippen molar-refractivity contribution in [2.45, 2.75) is 60.9 Å². The summed E-state index contributed by atoms with van der Waals surface area (Å²) in [5.74, 6) is -3.45. The van der Waals surface area contributed by atoms with Crippen molar-refractivity contribution in [3.05, 3.63) is 58.6 Å². The summed E-state index contributed by atoms with van der Waals surface area (Å²) in [5.41, 5.74) is -1.28. The molecule has 6 atom stereocenters. The third-order valence-corrected chi connectivity index (χ3v) is 11.0. The van der Waals surface area contributed by atoms with Crippen molar-refractivity contribution in [1.82, 2.24) is 0 Å². The Morgan fingerprint density at radius 1 is 1.11 bits per heavy atom. The summed E-state index contributed by atoms with van der Waals surface area (Å²) < 4.78 is 54.1. The number of rotatable bonds is 6. The van der Waals surface area contributed by atoms with E-state index in [4.69, 9.17) is 11.6 Å². The minimum atomic E-state index is -3.98. The number of carbonyl (C=O) groups excluding carboxylic acids is 1. The molecule has 2 aromatic carbocycles. The Balaban J connectivity index is 1.40. The van der Waals surface area contributed by atoms with Gasteiger partial charge in [-0.05, 0) is 86.1 Å². The fourth-order valence-electron chi connectivity index (χ4n) is 6.29. The van der Waals surface area contributed by atoms with Crippen LogP contribution in [0, 0.1) is 35.3 Å². The lowest BCUT2D eigenvalue weighted by Crippen LogP contribution is -2.57. The summed E-state index contributed by atoms with van der Waals surface area (Å²) >= 11 is 6.28. The average molecular weight is 540 g/mol. The molecule has 0 aromatic heterocycles. The number of sulfone groups is 1. The van der Waals surface area contributed by atoms with E-state index in [2.05, 4.69) is 5.32 Å². The van der Waals surface area contributed by atoms with E-state index >= 15 is 0 Å². The Labute approximate surface area is 213 Å². The molecule has 6 nitrogen and oxygen atoms in total. The van der Waals surface area contributed by atoms with Gasteiger partial charge >= 0.3 is 0 Å². The second-order valence-electron chi connectivity index (χ2n) is 10.6. The number of amides is 1. The van der Waals surface area contributed by atoms with Gasteiger partial charge in [-0.2, -0.15) is 0 Å². The lowest BCUT2D eigenvalue weighted by Gasteiger charge is -2.46. The van der Waals surface area contributed by atoms with Gasteiger partial charge in [-0.15, -0.1) is 0 Å². The third-order valence-electron chi connectivity index (χ3n) is 8.31. The number of anilines is 1. The maximum Gasteiger partial charge on any atom is 0.255 e. The van der Waals surface area contributed by atoms with E-state index in [1.807, 2.05) is 6.92 Å². The van der Waals surface area contributed by atoms with Gasteiger partial charge in [0.25, 0.3) is 5.91 Å². The van der Waals surface area contributed by atoms with Gasteiger partial charge in [0, 0.05) is 17.3 Å². The predicted molar refractivity (Wildman–Crippen MR) is 130 cm³/mol. The van der Waals surface area contributed by atoms with Gasteiger partial charge in [0.2, 0.25) is 0 Å². The molecule has 1 amide bonds. The highest BCUT2D eigenvalue weighted by Crippen LogP contribution is 2.58. The van der Waals surface area contributed by atoms with Gasteiger partial charge in [0.05, 0.1) is 26.9 Å². The number of halogens is 3. The highest BCUT2D eigenvalue weighted by Gasteiger charge is 2.63. The van der Waals surface area contributed by atoms with Crippen molar-refractivity contribution < 1.29 is 32.2 Å². The quantitative estimate of drug-likeness (QED) is 0.498. The van der Waals surface area contributed by atoms with Gasteiger partial charge in [0.1, 0.15) is 0 Å². The lowest BCUT2D eigenvalue weighted by molar-refractivity contribution is -0.152. The number of carbonyl (C=O) groups is 1. The monoisotopic (exact) mass is 539 g/mol. The zero-order chi connectivity index (χ0) is 26.0. The predicted octanol–water partition coefficient (Wildman–Crippen LogP) is 4.58. The molecule has 2 aromatic rings. The smallest absolute Gasteiger partial charge is 0.255 e. The highest BCUT2D eigenvalue weighted by molar-refractivity contribution is 7.92. The number of fused-ring (bicyclic) bond motifs is 2. The number of aliphatic hydroxyl groups is 2. The molecular weight excluding hydrogens is 512 g/mol. The highest BCUT2D eigenvalue weighted by atomic mass is 35.5. The van der Waals surface area contributed by atoms with Crippen molar-refractivity contribution >= 4 is 33.0 Å². The standard InChI is InChI=1S/C26H28ClF2NO5S/c1-13-8-16-10-18(12-19(13)26(16,33)24(31)14-2-3-14)36(34,35)23-9-15(4-6-20(23)27)25(32)30-17-5-7-21(28)22(29)11-17/h4-7,9,11,13-14,16,18-19,24,31,33H,2-3,8,10,12H2,1H3,(H,30,32)/t13-,16?,18?,19?,24?,26+/m0/s1. The molecule has 0 radical (unpaired) electrons. The van der Waals surface area contributed by atoms with Crippen LogP contribution in [-0.4, -0.2) is 41.5 Å². The van der Waals surface area contributed by atoms with E-state index in [1.54, 1.807) is 0 Å². The number of benzene rings is 2. The molecule has 3 fully saturated rings. The maximum absolute atomic E-state index is 13.7. The first-order chi connectivity index (χ1) is 16.9. The fraction of sp³-hybridized carbons (Fsp3) is 0.500. The van der Waals surface area contributed by atoms with E-state index in [-0.39, 0.29) is 57.7 Å². The Bertz CT molecular complexity index is 1320. The van der Waals surface area contributed by atoms with Crippen LogP contribution >= 0.6 is 11.6 Å². The number of aliphatic hydroxyl groups excluding tert-OH is 1. The Morgan fingerprint density at radius 3 is 2.47 bits per heavy atom. The Hall–Kier alpha value is -2.07. The van der Waals surface area contributed by atoms with Crippen LogP contribution in [-0.2, 0) is 9.84 Å². The summed E-state index contributed by atoms with van der Waals surface area (Å²) in [5, 5.41) is 24.0. The van der Waals surface area contributed by atoms with Crippen molar-refractivity contribution in [3.63, 3.8) is 0 Å². The van der Waals surface area contributed by atoms with E-state index in [1.165, 1.54) is 24.3 Å². The summed E-state index contributed by atoms with van der Waals surface area (Å²) in [6.07, 6.45) is 1.92. The van der Waals surface area contributed by atoms with E-state index in [0.717, 1.165) is 25.0 Å². The SMILES string of the molecule is C[C@H]1CC2CC(S(=O)(=O)c3cc(C(=O)Nc4ccc(F)c(F)c4)ccc3Cl)CC1[C@@]2(O)C(O)C1CC1. The van der Waals surface area contributed by atoms with E-state index in [0.29, 0.717) is 6.42 Å². The minimum absolute atomic E-state index is 0.00415. The van der Waals surface area contributed by atoms with E-state index < -0.39 is 44.3 Å². The van der Waals surface area contributed by atoms with E-state index in [9.17, 15) is 32.2 Å². The van der Waals surface area contributed by atoms with Gasteiger partial charge in [-0.1, -0.05) is 18.5 Å². The zero-order valence-electron chi connectivity index (χ0n) is 19.6. The second kappa shape index (κ2) is 9.04. The average Bonchev–Trinajstić information content (AvgIpc) is 3.65. The molecule has 3 aliphatic rings. The van der Waals surface area contributed by atoms with Crippen molar-refractivity contribution in [3.8, 4) is 0 Å². The third kappa shape index (κ3) is 4.23. The molecule has 36 heavy (non-hydrogen) atoms. The molecule has 0 spiro atoms. The maximum atomic E-state index is 13.7. The van der Waals surface area contributed by atoms with Crippen LogP contribution in [0.3, 0.4) is 0 Å². The summed E-state index contributed by atoms with van der Waals surface area (Å²) in [6.45, 7) is 1.99. The first-order valence-electron chi connectivity index (χ1n) is 12.1. The molecule has 0 heterocycles. The van der Waals surface area contributed by atoms with Gasteiger partial charge in [0.15, 0.2) is 21.5 Å². The van der Waals surface area contributed by atoms with Gasteiger partial charge < -0.3 is 15.5 Å². The topological polar surface area (TPSA) is 104 Å². The van der Waals surface area contributed by atoms with Gasteiger partial charge in [-0.3, -0.25) is 4.79 Å². The summed E-state index contributed by atoms with van der Waals surface area (Å²) in [6, 6.07) is 6.77. The van der Waals surface area contributed by atoms with Gasteiger partial charge in [-0.25, -0.2) is 17.2 Å². The van der Waals surface area contributed by atoms with Crippen LogP contribution in [0.2, 0.25) is 5.02 Å². The molecule has 0 saturated heterocycles. The summed E-state index contributed by atoms with van der Waals surface area (Å²) in [7, 11) is -3.98. The molecule has 0 aliphatic heterocycles. The largest absolute Gasteiger partial charge is 0.390 e. The molecule has 3 aliphatic carbocycles. The molecule has 3 saturated carbocycles. The zero-order valence-corrected chi connectivity index (χ0v) is 21.2. The number of nitrogens with one attached hydrogen (secondary N) is 1. The normalized spacial score (nSPS) is 30.7. The first-order valence-corrected chi connectivity index (χ1v) is 14.1. The molecule has 5 rings (SSSR count). The molecule has 4 unspecified atom stereocenters. The van der Waals surface area contributed by atoms with Crippen LogP contribution in [0.5, 0.6) is 0 Å². The number of hydrogen-bond donors (Lipinski definition) is 3. The van der Waals surface area contributed by atoms with Crippen molar-refractivity contribution in [2.75, 3.05) is 5.32 Å². The Kier molecular flexibility index (Phi) is 6.42. The van der Waals surface area contributed by atoms with Crippen LogP contribution in [0.1, 0.15) is 49.4 Å². The molecule has 194 valence electrons. The van der Waals surface area contributed by atoms with Crippen molar-refractivity contribution in [2.24, 2.45) is 23.7 Å². The Morgan fingerprint density at radius 2 is 1.83 bits per heavy atom. The van der Waals surface area contributed by atoms with Crippen LogP contribution < -0.4 is 5.32 Å². The first kappa shape index (κ1) is 25.6. The van der Waals surface area contributed by atoms with Crippen LogP contribution in [0.25, 0.3) is 0 Å². The molecule has 10 heteroatoms. The second-order valence-corrected chi connectivity index (χ2v) is 13.2. The number of hydrogen-bond acceptors (Lipinski definition) is 5. The molecular formula is C26H28ClF2NO5S. The van der Waals surface area contributed by atoms with Crippen molar-refractivity contribution in [1.29, 1.82) is 0 Å². The lowest BCUT2D eigenvalue weighted by atomic mass is 9.69. The minimum Gasteiger partial charge on any atom is -0.390 e.